The van der Waals surface area contributed by atoms with Gasteiger partial charge >= 0.3 is 5.97 Å². The number of carbonyl (C=O) groups excluding carboxylic acids is 2. The van der Waals surface area contributed by atoms with Crippen LogP contribution in [0.1, 0.15) is 68.6 Å². The molecule has 2 aromatic rings. The summed E-state index contributed by atoms with van der Waals surface area (Å²) in [6, 6.07) is 5.72. The van der Waals surface area contributed by atoms with Crippen molar-refractivity contribution in [2.75, 3.05) is 6.61 Å². The largest absolute Gasteiger partial charge is 0.462 e. The second-order valence-electron chi connectivity index (χ2n) is 9.92. The van der Waals surface area contributed by atoms with Gasteiger partial charge in [0.1, 0.15) is 6.54 Å². The Morgan fingerprint density at radius 3 is 2.30 bits per heavy atom. The molecule has 5 nitrogen and oxygen atoms in total. The maximum absolute atomic E-state index is 13.8. The van der Waals surface area contributed by atoms with Gasteiger partial charge in [-0.05, 0) is 82.3 Å². The van der Waals surface area contributed by atoms with Gasteiger partial charge in [0.2, 0.25) is 0 Å². The number of hydrogen-bond acceptors (Lipinski definition) is 3. The molecule has 160 valence electrons. The number of ketones is 1. The van der Waals surface area contributed by atoms with Crippen LogP contribution in [0.15, 0.2) is 18.2 Å². The van der Waals surface area contributed by atoms with Crippen molar-refractivity contribution < 1.29 is 18.9 Å². The molecular weight excluding hydrogens is 376 g/mol. The standard InChI is InChI=1S/C25H33N2O3/c1-4-26-16(3)27(22-11-20(6-7-21(22)26)24(29)30-5-2)15-23(28)25-12-17-8-18(13-25)10-19(9-17)14-25/h6-7,11,17-19H,4-5,8-10,12-15H2,1-3H3/q+1. The third kappa shape index (κ3) is 3.00. The highest BCUT2D eigenvalue weighted by atomic mass is 16.5. The van der Waals surface area contributed by atoms with Crippen LogP contribution in [0.5, 0.6) is 0 Å². The number of imidazole rings is 1. The van der Waals surface area contributed by atoms with Gasteiger partial charge < -0.3 is 4.74 Å². The highest BCUT2D eigenvalue weighted by Gasteiger charge is 2.54. The molecule has 0 atom stereocenters. The Labute approximate surface area is 178 Å². The Kier molecular flexibility index (Phi) is 4.75. The molecule has 4 aliphatic rings. The lowest BCUT2D eigenvalue weighted by Crippen LogP contribution is -2.51. The predicted octanol–water partition coefficient (Wildman–Crippen LogP) is 4.22. The number of ether oxygens (including phenoxy) is 1. The second-order valence-corrected chi connectivity index (χ2v) is 9.92. The minimum Gasteiger partial charge on any atom is -0.462 e. The minimum absolute atomic E-state index is 0.104. The van der Waals surface area contributed by atoms with E-state index in [0.29, 0.717) is 24.5 Å². The van der Waals surface area contributed by atoms with Crippen molar-refractivity contribution in [3.05, 3.63) is 29.6 Å². The van der Waals surface area contributed by atoms with Crippen molar-refractivity contribution in [2.24, 2.45) is 23.2 Å². The Morgan fingerprint density at radius 2 is 1.73 bits per heavy atom. The van der Waals surface area contributed by atoms with Gasteiger partial charge in [0, 0.05) is 18.4 Å². The number of benzene rings is 1. The highest BCUT2D eigenvalue weighted by Crippen LogP contribution is 2.60. The van der Waals surface area contributed by atoms with Gasteiger partial charge in [-0.1, -0.05) is 0 Å². The van der Waals surface area contributed by atoms with Crippen molar-refractivity contribution in [1.82, 2.24) is 4.57 Å². The summed E-state index contributed by atoms with van der Waals surface area (Å²) < 4.78 is 9.58. The number of fused-ring (bicyclic) bond motifs is 1. The Bertz CT molecular complexity index is 984. The molecule has 0 N–H and O–H groups in total. The first kappa shape index (κ1) is 19.8. The fourth-order valence-corrected chi connectivity index (χ4v) is 7.17. The molecule has 30 heavy (non-hydrogen) atoms. The molecule has 0 saturated heterocycles. The fraction of sp³-hybridized carbons (Fsp3) is 0.640. The quantitative estimate of drug-likeness (QED) is 0.530. The molecule has 0 unspecified atom stereocenters. The van der Waals surface area contributed by atoms with Crippen LogP contribution in [-0.2, 0) is 22.6 Å². The summed E-state index contributed by atoms with van der Waals surface area (Å²) in [4.78, 5) is 26.1. The van der Waals surface area contributed by atoms with Crippen molar-refractivity contribution in [3.8, 4) is 0 Å². The summed E-state index contributed by atoms with van der Waals surface area (Å²) in [5.74, 6) is 3.47. The molecule has 0 amide bonds. The number of aryl methyl sites for hydroxylation is 1. The second kappa shape index (κ2) is 7.21. The maximum Gasteiger partial charge on any atom is 0.338 e. The van der Waals surface area contributed by atoms with Crippen LogP contribution in [0.25, 0.3) is 11.0 Å². The molecule has 1 aromatic heterocycles. The molecule has 4 saturated carbocycles. The zero-order valence-corrected chi connectivity index (χ0v) is 18.4. The summed E-state index contributed by atoms with van der Waals surface area (Å²) in [5, 5.41) is 0. The van der Waals surface area contributed by atoms with Gasteiger partial charge in [-0.25, -0.2) is 13.9 Å². The van der Waals surface area contributed by atoms with Gasteiger partial charge in [-0.3, -0.25) is 4.79 Å². The number of aromatic nitrogens is 2. The number of carbonyl (C=O) groups is 2. The predicted molar refractivity (Wildman–Crippen MR) is 114 cm³/mol. The number of Topliss-reactive ketones (excluding diaryl/α,β-unsaturated/α-hetero) is 1. The molecule has 4 bridgehead atoms. The summed E-state index contributed by atoms with van der Waals surface area (Å²) in [6.45, 7) is 7.62. The third-order valence-electron chi connectivity index (χ3n) is 8.10. The zero-order valence-electron chi connectivity index (χ0n) is 18.4. The first-order valence-corrected chi connectivity index (χ1v) is 11.7. The van der Waals surface area contributed by atoms with Crippen LogP contribution in [0.3, 0.4) is 0 Å². The van der Waals surface area contributed by atoms with Gasteiger partial charge in [-0.15, -0.1) is 0 Å². The zero-order chi connectivity index (χ0) is 21.0. The Balaban J connectivity index is 1.52. The number of hydrogen-bond donors (Lipinski definition) is 0. The highest BCUT2D eigenvalue weighted by molar-refractivity contribution is 5.94. The molecule has 0 aliphatic heterocycles. The molecule has 4 aliphatic carbocycles. The summed E-state index contributed by atoms with van der Waals surface area (Å²) in [6.07, 6.45) is 7.32. The van der Waals surface area contributed by atoms with Crippen LogP contribution in [0.2, 0.25) is 0 Å². The SMILES string of the molecule is CCOC(=O)c1ccc2c(c1)n(CC(=O)C13CC4CC(CC(C4)C1)C3)c(C)[n+]2CC. The van der Waals surface area contributed by atoms with E-state index in [1.807, 2.05) is 25.1 Å². The van der Waals surface area contributed by atoms with E-state index in [9.17, 15) is 9.59 Å². The Hall–Kier alpha value is -2.17. The van der Waals surface area contributed by atoms with Gasteiger partial charge in [-0.2, -0.15) is 0 Å². The normalized spacial score (nSPS) is 29.5. The summed E-state index contributed by atoms with van der Waals surface area (Å²) in [7, 11) is 0. The average molecular weight is 410 g/mol. The fourth-order valence-electron chi connectivity index (χ4n) is 7.17. The Morgan fingerprint density at radius 1 is 1.10 bits per heavy atom. The number of esters is 1. The number of rotatable bonds is 6. The third-order valence-corrected chi connectivity index (χ3v) is 8.10. The lowest BCUT2D eigenvalue weighted by atomic mass is 9.48. The van der Waals surface area contributed by atoms with Crippen LogP contribution in [-0.4, -0.2) is 22.9 Å². The van der Waals surface area contributed by atoms with Crippen molar-refractivity contribution in [3.63, 3.8) is 0 Å². The van der Waals surface area contributed by atoms with Crippen molar-refractivity contribution in [2.45, 2.75) is 72.4 Å². The number of nitrogens with zero attached hydrogens (tertiary/aromatic N) is 2. The van der Waals surface area contributed by atoms with E-state index < -0.39 is 0 Å². The van der Waals surface area contributed by atoms with Crippen LogP contribution in [0, 0.1) is 30.1 Å². The lowest BCUT2D eigenvalue weighted by molar-refractivity contribution is -0.674. The minimum atomic E-state index is -0.305. The van der Waals surface area contributed by atoms with E-state index in [1.165, 1.54) is 19.3 Å². The van der Waals surface area contributed by atoms with E-state index in [2.05, 4.69) is 23.0 Å². The van der Waals surface area contributed by atoms with Gasteiger partial charge in [0.25, 0.3) is 5.82 Å². The molecule has 1 aromatic carbocycles. The van der Waals surface area contributed by atoms with Crippen molar-refractivity contribution >= 4 is 22.8 Å². The summed E-state index contributed by atoms with van der Waals surface area (Å²) >= 11 is 0. The van der Waals surface area contributed by atoms with E-state index in [1.54, 1.807) is 0 Å². The van der Waals surface area contributed by atoms with E-state index in [0.717, 1.165) is 60.4 Å². The molecule has 6 rings (SSSR count). The molecule has 5 heteroatoms. The molecule has 4 fully saturated rings. The molecule has 0 spiro atoms. The monoisotopic (exact) mass is 409 g/mol. The van der Waals surface area contributed by atoms with E-state index in [4.69, 9.17) is 4.74 Å². The summed E-state index contributed by atoms with van der Waals surface area (Å²) in [5.41, 5.74) is 2.47. The topological polar surface area (TPSA) is 52.2 Å². The van der Waals surface area contributed by atoms with Crippen LogP contribution >= 0.6 is 0 Å². The average Bonchev–Trinajstić information content (AvgIpc) is 2.97. The lowest BCUT2D eigenvalue weighted by Gasteiger charge is -2.55. The molecule has 1 heterocycles. The molecular formula is C25H33N2O3+. The molecule has 0 radical (unpaired) electrons. The van der Waals surface area contributed by atoms with Gasteiger partial charge in [0.05, 0.1) is 18.7 Å². The van der Waals surface area contributed by atoms with Crippen molar-refractivity contribution in [1.29, 1.82) is 0 Å². The maximum atomic E-state index is 13.8. The first-order valence-electron chi connectivity index (χ1n) is 11.7. The van der Waals surface area contributed by atoms with Gasteiger partial charge in [0.15, 0.2) is 16.8 Å². The van der Waals surface area contributed by atoms with E-state index in [-0.39, 0.29) is 11.4 Å². The smallest absolute Gasteiger partial charge is 0.338 e. The van der Waals surface area contributed by atoms with E-state index >= 15 is 0 Å². The van der Waals surface area contributed by atoms with Crippen LogP contribution in [0.4, 0.5) is 0 Å². The first-order chi connectivity index (χ1) is 14.4. The van der Waals surface area contributed by atoms with Crippen LogP contribution < -0.4 is 4.57 Å².